The molecule has 14 rings (SSSR count). The highest BCUT2D eigenvalue weighted by Gasteiger charge is 2.53. The molecule has 0 fully saturated rings. The summed E-state index contributed by atoms with van der Waals surface area (Å²) >= 11 is 0. The lowest BCUT2D eigenvalue weighted by atomic mass is 9.52. The zero-order valence-corrected chi connectivity index (χ0v) is 43.6. The summed E-state index contributed by atoms with van der Waals surface area (Å²) in [6, 6.07) is 69.2. The molecule has 0 saturated carbocycles. The van der Waals surface area contributed by atoms with E-state index in [1.165, 1.54) is 105 Å². The first-order valence-corrected chi connectivity index (χ1v) is 26.8. The van der Waals surface area contributed by atoms with Gasteiger partial charge in [0.2, 0.25) is 0 Å². The normalized spacial score (nSPS) is 17.8. The van der Waals surface area contributed by atoms with E-state index in [1.807, 2.05) is 27.7 Å². The van der Waals surface area contributed by atoms with Crippen molar-refractivity contribution in [3.8, 4) is 22.3 Å². The summed E-state index contributed by atoms with van der Waals surface area (Å²) in [7, 11) is 0. The molecule has 358 valence electrons. The van der Waals surface area contributed by atoms with Gasteiger partial charge in [-0.2, -0.15) is 0 Å². The molecule has 0 saturated heterocycles. The molecular formula is C71H64N2. The topological polar surface area (TPSA) is 8.17 Å². The second-order valence-corrected chi connectivity index (χ2v) is 20.8. The van der Waals surface area contributed by atoms with Gasteiger partial charge >= 0.3 is 0 Å². The maximum atomic E-state index is 3.46. The molecule has 1 aromatic heterocycles. The third-order valence-electron chi connectivity index (χ3n) is 16.6. The van der Waals surface area contributed by atoms with Crippen molar-refractivity contribution in [2.45, 2.75) is 90.9 Å². The Labute approximate surface area is 432 Å². The predicted octanol–water partition coefficient (Wildman–Crippen LogP) is 19.4. The van der Waals surface area contributed by atoms with Crippen molar-refractivity contribution in [1.82, 2.24) is 4.57 Å². The summed E-state index contributed by atoms with van der Waals surface area (Å²) in [4.78, 5) is 2.56. The molecule has 0 amide bonds. The SMILES string of the molecule is CC.CC.CC1(C)C2=C(CC=C=C2)c2ccc(N(c3ccc4c(c3)C(C)(C)c3ccccc3C43C4=C(CCC=C4)n4c5ccccc5c5cccc3c54)c3ccc(-c4ccccc4)cc3-c3ccccc3)cc21. The third kappa shape index (κ3) is 6.63. The Bertz CT molecular complexity index is 3840. The highest BCUT2D eigenvalue weighted by atomic mass is 15.1. The zero-order valence-electron chi connectivity index (χ0n) is 43.6. The Morgan fingerprint density at radius 3 is 1.92 bits per heavy atom. The highest BCUT2D eigenvalue weighted by molar-refractivity contribution is 6.13. The van der Waals surface area contributed by atoms with Crippen LogP contribution in [-0.4, -0.2) is 4.57 Å². The van der Waals surface area contributed by atoms with Crippen LogP contribution in [0, 0.1) is 0 Å². The Morgan fingerprint density at radius 2 is 1.14 bits per heavy atom. The number of nitrogens with zero attached hydrogens (tertiary/aromatic N) is 2. The summed E-state index contributed by atoms with van der Waals surface area (Å²) in [6.45, 7) is 17.7. The van der Waals surface area contributed by atoms with Crippen molar-refractivity contribution in [3.63, 3.8) is 0 Å². The van der Waals surface area contributed by atoms with Crippen molar-refractivity contribution < 1.29 is 0 Å². The van der Waals surface area contributed by atoms with Gasteiger partial charge < -0.3 is 9.47 Å². The quantitative estimate of drug-likeness (QED) is 0.156. The average molecular weight is 945 g/mol. The van der Waals surface area contributed by atoms with E-state index >= 15 is 0 Å². The molecule has 2 nitrogen and oxygen atoms in total. The summed E-state index contributed by atoms with van der Waals surface area (Å²) in [6.07, 6.45) is 12.2. The van der Waals surface area contributed by atoms with E-state index in [4.69, 9.17) is 0 Å². The fraction of sp³-hybridized carbons (Fsp3) is 0.197. The molecular weight excluding hydrogens is 881 g/mol. The van der Waals surface area contributed by atoms with E-state index in [9.17, 15) is 0 Å². The number of hydrogen-bond donors (Lipinski definition) is 0. The molecule has 0 radical (unpaired) electrons. The number of aromatic nitrogens is 1. The Morgan fingerprint density at radius 1 is 0.493 bits per heavy atom. The van der Waals surface area contributed by atoms with Gasteiger partial charge in [-0.05, 0) is 146 Å². The highest BCUT2D eigenvalue weighted by Crippen LogP contribution is 2.62. The maximum Gasteiger partial charge on any atom is 0.0745 e. The summed E-state index contributed by atoms with van der Waals surface area (Å²) in [5.74, 6) is 0. The van der Waals surface area contributed by atoms with E-state index in [2.05, 4.69) is 249 Å². The van der Waals surface area contributed by atoms with Crippen LogP contribution in [0.5, 0.6) is 0 Å². The third-order valence-corrected chi connectivity index (χ3v) is 16.6. The van der Waals surface area contributed by atoms with E-state index in [0.717, 1.165) is 36.3 Å². The van der Waals surface area contributed by atoms with Crippen LogP contribution in [-0.2, 0) is 16.2 Å². The first-order chi connectivity index (χ1) is 35.8. The van der Waals surface area contributed by atoms with Gasteiger partial charge in [0.1, 0.15) is 0 Å². The minimum Gasteiger partial charge on any atom is -0.312 e. The van der Waals surface area contributed by atoms with Gasteiger partial charge in [-0.25, -0.2) is 0 Å². The molecule has 2 heteroatoms. The average Bonchev–Trinajstić information content (AvgIpc) is 3.91. The molecule has 2 heterocycles. The second-order valence-electron chi connectivity index (χ2n) is 20.8. The smallest absolute Gasteiger partial charge is 0.0745 e. The first kappa shape index (κ1) is 46.2. The predicted molar refractivity (Wildman–Crippen MR) is 311 cm³/mol. The molecule has 4 aliphatic carbocycles. The van der Waals surface area contributed by atoms with Crippen LogP contribution in [0.25, 0.3) is 55.3 Å². The van der Waals surface area contributed by atoms with E-state index < -0.39 is 5.41 Å². The number of para-hydroxylation sites is 2. The van der Waals surface area contributed by atoms with Gasteiger partial charge in [0.15, 0.2) is 0 Å². The van der Waals surface area contributed by atoms with Crippen LogP contribution in [0.15, 0.2) is 223 Å². The number of allylic oxidation sites excluding steroid dienone is 7. The van der Waals surface area contributed by atoms with Crippen LogP contribution in [0.4, 0.5) is 17.1 Å². The molecule has 1 unspecified atom stereocenters. The van der Waals surface area contributed by atoms with Crippen LogP contribution < -0.4 is 4.90 Å². The van der Waals surface area contributed by atoms with Gasteiger partial charge in [0.25, 0.3) is 0 Å². The zero-order chi connectivity index (χ0) is 50.2. The minimum absolute atomic E-state index is 0.162. The van der Waals surface area contributed by atoms with Crippen molar-refractivity contribution in [2.75, 3.05) is 4.90 Å². The number of anilines is 3. The summed E-state index contributed by atoms with van der Waals surface area (Å²) in [5.41, 5.74) is 28.5. The van der Waals surface area contributed by atoms with Crippen molar-refractivity contribution in [3.05, 3.63) is 262 Å². The molecule has 1 spiro atoms. The minimum atomic E-state index is -0.530. The summed E-state index contributed by atoms with van der Waals surface area (Å²) < 4.78 is 2.63. The number of rotatable bonds is 5. The number of fused-ring (bicyclic) bond motifs is 12. The Kier molecular flexibility index (Phi) is 11.2. The van der Waals surface area contributed by atoms with Gasteiger partial charge in [0.05, 0.1) is 22.1 Å². The van der Waals surface area contributed by atoms with Crippen LogP contribution >= 0.6 is 0 Å². The number of hydrogen-bond acceptors (Lipinski definition) is 1. The largest absolute Gasteiger partial charge is 0.312 e. The molecule has 8 aromatic carbocycles. The monoisotopic (exact) mass is 945 g/mol. The van der Waals surface area contributed by atoms with Gasteiger partial charge in [-0.1, -0.05) is 207 Å². The molecule has 0 N–H and O–H groups in total. The lowest BCUT2D eigenvalue weighted by Crippen LogP contribution is -2.44. The van der Waals surface area contributed by atoms with Gasteiger partial charge in [-0.15, -0.1) is 5.73 Å². The van der Waals surface area contributed by atoms with Crippen LogP contribution in [0.2, 0.25) is 0 Å². The summed E-state index contributed by atoms with van der Waals surface area (Å²) in [5, 5.41) is 2.64. The van der Waals surface area contributed by atoms with Crippen molar-refractivity contribution >= 4 is 50.1 Å². The lowest BCUT2D eigenvalue weighted by Gasteiger charge is -2.51. The molecule has 9 aromatic rings. The fourth-order valence-electron chi connectivity index (χ4n) is 13.4. The van der Waals surface area contributed by atoms with Gasteiger partial charge in [-0.3, -0.25) is 0 Å². The first-order valence-electron chi connectivity index (χ1n) is 26.8. The Balaban J connectivity index is 0.00000133. The van der Waals surface area contributed by atoms with E-state index in [0.29, 0.717) is 0 Å². The molecule has 1 atom stereocenters. The second kappa shape index (κ2) is 17.7. The van der Waals surface area contributed by atoms with Crippen LogP contribution in [0.1, 0.15) is 114 Å². The Hall–Kier alpha value is -7.90. The van der Waals surface area contributed by atoms with Gasteiger partial charge in [0, 0.05) is 44.2 Å². The molecule has 1 aliphatic heterocycles. The van der Waals surface area contributed by atoms with Crippen molar-refractivity contribution in [2.24, 2.45) is 0 Å². The van der Waals surface area contributed by atoms with E-state index in [1.54, 1.807) is 0 Å². The molecule has 5 aliphatic rings. The number of benzene rings is 8. The fourth-order valence-corrected chi connectivity index (χ4v) is 13.4. The lowest BCUT2D eigenvalue weighted by molar-refractivity contribution is 0.555. The molecule has 73 heavy (non-hydrogen) atoms. The standard InChI is InChI=1S/C67H52N2.2C2H6/c1-65(2)53-27-13-11-24-48(53)49-37-35-46(41-59(49)65)68(62-39-34-45(43-20-7-5-8-21-43)40-52(62)44-22-9-6-10-23-44)47-36-38-56-60(42-47)66(3,4)54-28-14-15-29-55(54)67(56)57-30-16-18-33-63(57)69-61-32-17-12-25-50(61)51-26-19-31-58(67)64(51)69;2*1-2/h5-12,14-17,19-23,25-32,34-42H,18,24,33H2,1-4H3;2*1-2H3. The maximum absolute atomic E-state index is 3.46. The van der Waals surface area contributed by atoms with Crippen LogP contribution in [0.3, 0.4) is 0 Å². The van der Waals surface area contributed by atoms with Crippen molar-refractivity contribution in [1.29, 1.82) is 0 Å². The molecule has 0 bridgehead atoms. The van der Waals surface area contributed by atoms with E-state index in [-0.39, 0.29) is 10.8 Å².